The van der Waals surface area contributed by atoms with Gasteiger partial charge in [0.25, 0.3) is 5.91 Å². The number of ether oxygens (including phenoxy) is 1. The Balaban J connectivity index is 1.45. The highest BCUT2D eigenvalue weighted by atomic mass is 16.5. The third-order valence-electron chi connectivity index (χ3n) is 5.97. The lowest BCUT2D eigenvalue weighted by Crippen LogP contribution is -2.40. The van der Waals surface area contributed by atoms with Crippen LogP contribution in [0.15, 0.2) is 51.5 Å². The Morgan fingerprint density at radius 1 is 1.00 bits per heavy atom. The maximum atomic E-state index is 13.1. The number of anilines is 1. The topological polar surface area (TPSA) is 84.9 Å². The standard InChI is InChI=1S/C25H24N2O5/c1-15-11-19-17(14-31-21(19)12-16(15)2)13-22(28)26-23-18-5-3-4-6-20(18)32-24(23)25(29)27-7-9-30-10-8-27/h3-6,11-12,14H,7-10,13H2,1-2H3,(H,26,28). The van der Waals surface area contributed by atoms with Crippen LogP contribution in [-0.4, -0.2) is 43.0 Å². The first-order chi connectivity index (χ1) is 15.5. The summed E-state index contributed by atoms with van der Waals surface area (Å²) in [6.07, 6.45) is 1.75. The smallest absolute Gasteiger partial charge is 0.291 e. The van der Waals surface area contributed by atoms with Gasteiger partial charge in [0.05, 0.1) is 25.9 Å². The number of benzene rings is 2. The molecular weight excluding hydrogens is 408 g/mol. The first-order valence-corrected chi connectivity index (χ1v) is 10.7. The van der Waals surface area contributed by atoms with Gasteiger partial charge in [-0.2, -0.15) is 0 Å². The van der Waals surface area contributed by atoms with E-state index in [0.717, 1.165) is 27.7 Å². The van der Waals surface area contributed by atoms with Gasteiger partial charge >= 0.3 is 0 Å². The summed E-state index contributed by atoms with van der Waals surface area (Å²) in [5.74, 6) is -0.349. The van der Waals surface area contributed by atoms with Crippen LogP contribution in [0, 0.1) is 13.8 Å². The van der Waals surface area contributed by atoms with Gasteiger partial charge in [0, 0.05) is 29.4 Å². The largest absolute Gasteiger partial charge is 0.464 e. The molecule has 2 amide bonds. The molecule has 3 heterocycles. The van der Waals surface area contributed by atoms with Crippen LogP contribution in [0.5, 0.6) is 0 Å². The minimum absolute atomic E-state index is 0.125. The second kappa shape index (κ2) is 8.16. The first kappa shape index (κ1) is 20.3. The minimum atomic E-state index is -0.250. The molecule has 1 N–H and O–H groups in total. The normalized spacial score (nSPS) is 14.2. The number of carbonyl (C=O) groups is 2. The maximum absolute atomic E-state index is 13.1. The monoisotopic (exact) mass is 432 g/mol. The maximum Gasteiger partial charge on any atom is 0.291 e. The molecule has 0 atom stereocenters. The number of morpholine rings is 1. The number of nitrogens with zero attached hydrogens (tertiary/aromatic N) is 1. The Morgan fingerprint density at radius 2 is 1.75 bits per heavy atom. The molecule has 1 aliphatic rings. The van der Waals surface area contributed by atoms with E-state index >= 15 is 0 Å². The molecule has 0 radical (unpaired) electrons. The van der Waals surface area contributed by atoms with Crippen LogP contribution in [0.4, 0.5) is 5.69 Å². The van der Waals surface area contributed by atoms with E-state index in [1.54, 1.807) is 17.2 Å². The van der Waals surface area contributed by atoms with Crippen molar-refractivity contribution in [1.29, 1.82) is 0 Å². The van der Waals surface area contributed by atoms with Crippen molar-refractivity contribution in [1.82, 2.24) is 4.90 Å². The van der Waals surface area contributed by atoms with Gasteiger partial charge in [-0.3, -0.25) is 9.59 Å². The third-order valence-corrected chi connectivity index (χ3v) is 5.97. The van der Waals surface area contributed by atoms with Crippen LogP contribution in [0.3, 0.4) is 0 Å². The summed E-state index contributed by atoms with van der Waals surface area (Å²) < 4.78 is 16.9. The molecule has 1 fully saturated rings. The van der Waals surface area contributed by atoms with Crippen LogP contribution in [0.2, 0.25) is 0 Å². The Kier molecular flexibility index (Phi) is 5.19. The zero-order chi connectivity index (χ0) is 22.2. The molecule has 7 heteroatoms. The molecule has 1 aliphatic heterocycles. The van der Waals surface area contributed by atoms with Gasteiger partial charge < -0.3 is 23.8 Å². The van der Waals surface area contributed by atoms with E-state index in [4.69, 9.17) is 13.6 Å². The second-order valence-corrected chi connectivity index (χ2v) is 8.13. The summed E-state index contributed by atoms with van der Waals surface area (Å²) in [5.41, 5.74) is 4.79. The van der Waals surface area contributed by atoms with Crippen molar-refractivity contribution < 1.29 is 23.2 Å². The Bertz CT molecular complexity index is 1330. The molecule has 0 spiro atoms. The van der Waals surface area contributed by atoms with Crippen LogP contribution in [-0.2, 0) is 16.0 Å². The molecule has 0 aliphatic carbocycles. The summed E-state index contributed by atoms with van der Waals surface area (Å²) in [6, 6.07) is 11.3. The average Bonchev–Trinajstić information content (AvgIpc) is 3.35. The Labute approximate surface area is 184 Å². The van der Waals surface area contributed by atoms with Gasteiger partial charge in [0.15, 0.2) is 0 Å². The molecule has 5 rings (SSSR count). The van der Waals surface area contributed by atoms with E-state index in [1.807, 2.05) is 44.2 Å². The fourth-order valence-corrected chi connectivity index (χ4v) is 4.06. The first-order valence-electron chi connectivity index (χ1n) is 10.7. The zero-order valence-electron chi connectivity index (χ0n) is 18.1. The van der Waals surface area contributed by atoms with Gasteiger partial charge in [0.2, 0.25) is 11.7 Å². The molecule has 0 saturated carbocycles. The molecule has 0 bridgehead atoms. The van der Waals surface area contributed by atoms with Crippen molar-refractivity contribution in [2.75, 3.05) is 31.6 Å². The van der Waals surface area contributed by atoms with E-state index in [2.05, 4.69) is 5.32 Å². The zero-order valence-corrected chi connectivity index (χ0v) is 18.1. The van der Waals surface area contributed by atoms with Gasteiger partial charge in [-0.05, 0) is 49.2 Å². The summed E-state index contributed by atoms with van der Waals surface area (Å²) in [5, 5.41) is 4.55. The van der Waals surface area contributed by atoms with E-state index in [1.165, 1.54) is 0 Å². The van der Waals surface area contributed by atoms with Gasteiger partial charge in [-0.1, -0.05) is 12.1 Å². The number of amides is 2. The van der Waals surface area contributed by atoms with E-state index in [0.29, 0.717) is 43.0 Å². The predicted octanol–water partition coefficient (Wildman–Crippen LogP) is 4.45. The molecule has 4 aromatic rings. The van der Waals surface area contributed by atoms with Crippen molar-refractivity contribution in [3.63, 3.8) is 0 Å². The minimum Gasteiger partial charge on any atom is -0.464 e. The second-order valence-electron chi connectivity index (χ2n) is 8.13. The van der Waals surface area contributed by atoms with E-state index in [-0.39, 0.29) is 24.0 Å². The number of hydrogen-bond acceptors (Lipinski definition) is 5. The number of rotatable bonds is 4. The van der Waals surface area contributed by atoms with Crippen LogP contribution in [0.1, 0.15) is 27.2 Å². The Morgan fingerprint density at radius 3 is 2.56 bits per heavy atom. The average molecular weight is 432 g/mol. The summed E-state index contributed by atoms with van der Waals surface area (Å²) in [7, 11) is 0. The van der Waals surface area contributed by atoms with Crippen LogP contribution in [0.25, 0.3) is 21.9 Å². The van der Waals surface area contributed by atoms with Crippen molar-refractivity contribution in [3.8, 4) is 0 Å². The summed E-state index contributed by atoms with van der Waals surface area (Å²) >= 11 is 0. The number of fused-ring (bicyclic) bond motifs is 2. The summed E-state index contributed by atoms with van der Waals surface area (Å²) in [4.78, 5) is 27.9. The van der Waals surface area contributed by atoms with E-state index < -0.39 is 0 Å². The van der Waals surface area contributed by atoms with Crippen molar-refractivity contribution in [2.45, 2.75) is 20.3 Å². The highest BCUT2D eigenvalue weighted by molar-refractivity contribution is 6.11. The van der Waals surface area contributed by atoms with E-state index in [9.17, 15) is 9.59 Å². The molecule has 2 aromatic carbocycles. The number of hydrogen-bond donors (Lipinski definition) is 1. The number of furan rings is 2. The van der Waals surface area contributed by atoms with Crippen LogP contribution < -0.4 is 5.32 Å². The lowest BCUT2D eigenvalue weighted by Gasteiger charge is -2.26. The van der Waals surface area contributed by atoms with Crippen molar-refractivity contribution in [3.05, 3.63) is 65.1 Å². The van der Waals surface area contributed by atoms with Crippen molar-refractivity contribution in [2.24, 2.45) is 0 Å². The molecule has 7 nitrogen and oxygen atoms in total. The number of para-hydroxylation sites is 1. The molecular formula is C25H24N2O5. The number of aryl methyl sites for hydroxylation is 2. The van der Waals surface area contributed by atoms with Crippen LogP contribution >= 0.6 is 0 Å². The van der Waals surface area contributed by atoms with Gasteiger partial charge in [0.1, 0.15) is 16.9 Å². The number of nitrogens with one attached hydrogen (secondary N) is 1. The molecule has 32 heavy (non-hydrogen) atoms. The fourth-order valence-electron chi connectivity index (χ4n) is 4.06. The SMILES string of the molecule is Cc1cc2occ(CC(=O)Nc3c(C(=O)N4CCOCC4)oc4ccccc34)c2cc1C. The van der Waals surface area contributed by atoms with Gasteiger partial charge in [-0.15, -0.1) is 0 Å². The predicted molar refractivity (Wildman–Crippen MR) is 121 cm³/mol. The lowest BCUT2D eigenvalue weighted by molar-refractivity contribution is -0.115. The molecule has 2 aromatic heterocycles. The highest BCUT2D eigenvalue weighted by Gasteiger charge is 2.27. The number of carbonyl (C=O) groups excluding carboxylic acids is 2. The quantitative estimate of drug-likeness (QED) is 0.515. The fraction of sp³-hybridized carbons (Fsp3) is 0.280. The molecule has 164 valence electrons. The lowest BCUT2D eigenvalue weighted by atomic mass is 10.0. The Hall–Kier alpha value is -3.58. The summed E-state index contributed by atoms with van der Waals surface area (Å²) in [6.45, 7) is 6.01. The molecule has 1 saturated heterocycles. The highest BCUT2D eigenvalue weighted by Crippen LogP contribution is 2.32. The third kappa shape index (κ3) is 3.65. The van der Waals surface area contributed by atoms with Gasteiger partial charge in [-0.25, -0.2) is 0 Å². The molecule has 0 unspecified atom stereocenters. The van der Waals surface area contributed by atoms with Crippen molar-refractivity contribution >= 4 is 39.4 Å².